The monoisotopic (exact) mass is 312 g/mol. The highest BCUT2D eigenvalue weighted by Gasteiger charge is 2.25. The van der Waals surface area contributed by atoms with E-state index in [0.717, 1.165) is 24.2 Å². The molecule has 120 valence electrons. The maximum absolute atomic E-state index is 12.3. The van der Waals surface area contributed by atoms with Gasteiger partial charge in [-0.25, -0.2) is 4.68 Å². The van der Waals surface area contributed by atoms with Crippen molar-refractivity contribution in [1.29, 1.82) is 0 Å². The molecule has 1 fully saturated rings. The molecule has 1 aromatic heterocycles. The van der Waals surface area contributed by atoms with Gasteiger partial charge in [-0.15, -0.1) is 0 Å². The van der Waals surface area contributed by atoms with Gasteiger partial charge < -0.3 is 10.2 Å². The van der Waals surface area contributed by atoms with E-state index in [4.69, 9.17) is 0 Å². The number of anilines is 1. The minimum absolute atomic E-state index is 0.0278. The van der Waals surface area contributed by atoms with Crippen molar-refractivity contribution in [3.63, 3.8) is 0 Å². The maximum atomic E-state index is 12.3. The molecular weight excluding hydrogens is 292 g/mol. The molecule has 6 nitrogen and oxygen atoms in total. The van der Waals surface area contributed by atoms with Crippen molar-refractivity contribution < 1.29 is 9.59 Å². The summed E-state index contributed by atoms with van der Waals surface area (Å²) in [6.45, 7) is 2.89. The normalized spacial score (nSPS) is 15.4. The van der Waals surface area contributed by atoms with E-state index in [1.165, 1.54) is 0 Å². The first-order valence-corrected chi connectivity index (χ1v) is 7.80. The van der Waals surface area contributed by atoms with Crippen LogP contribution in [0.25, 0.3) is 5.69 Å². The Hall–Kier alpha value is -2.63. The summed E-state index contributed by atoms with van der Waals surface area (Å²) >= 11 is 0. The summed E-state index contributed by atoms with van der Waals surface area (Å²) in [6, 6.07) is 9.45. The summed E-state index contributed by atoms with van der Waals surface area (Å²) in [5.74, 6) is 0.0782. The summed E-state index contributed by atoms with van der Waals surface area (Å²) < 4.78 is 1.77. The fourth-order valence-electron chi connectivity index (χ4n) is 2.82. The Morgan fingerprint density at radius 1 is 1.17 bits per heavy atom. The third-order valence-corrected chi connectivity index (χ3v) is 4.21. The van der Waals surface area contributed by atoms with Gasteiger partial charge in [0, 0.05) is 44.0 Å². The van der Waals surface area contributed by atoms with E-state index in [1.54, 1.807) is 22.7 Å². The number of nitrogens with one attached hydrogen (secondary N) is 1. The number of nitrogens with zero attached hydrogens (tertiary/aromatic N) is 3. The van der Waals surface area contributed by atoms with Gasteiger partial charge in [-0.3, -0.25) is 9.59 Å². The fourth-order valence-corrected chi connectivity index (χ4v) is 2.82. The number of likely N-dealkylation sites (tertiary alicyclic amines) is 1. The van der Waals surface area contributed by atoms with Crippen LogP contribution >= 0.6 is 0 Å². The van der Waals surface area contributed by atoms with Crippen LogP contribution in [-0.4, -0.2) is 39.6 Å². The molecule has 1 aromatic carbocycles. The molecule has 2 aromatic rings. The molecule has 1 aliphatic rings. The van der Waals surface area contributed by atoms with Gasteiger partial charge in [-0.2, -0.15) is 5.10 Å². The van der Waals surface area contributed by atoms with Crippen LogP contribution in [0.5, 0.6) is 0 Å². The smallest absolute Gasteiger partial charge is 0.227 e. The van der Waals surface area contributed by atoms with E-state index in [1.807, 2.05) is 36.5 Å². The average molecular weight is 312 g/mol. The van der Waals surface area contributed by atoms with Gasteiger partial charge in [0.1, 0.15) is 0 Å². The lowest BCUT2D eigenvalue weighted by molar-refractivity contribution is -0.132. The van der Waals surface area contributed by atoms with E-state index in [0.29, 0.717) is 13.1 Å². The van der Waals surface area contributed by atoms with Gasteiger partial charge in [0.15, 0.2) is 0 Å². The molecule has 0 atom stereocenters. The summed E-state index contributed by atoms with van der Waals surface area (Å²) in [7, 11) is 0. The van der Waals surface area contributed by atoms with Crippen LogP contribution in [0, 0.1) is 5.92 Å². The lowest BCUT2D eigenvalue weighted by Gasteiger charge is -2.30. The Kier molecular flexibility index (Phi) is 4.41. The van der Waals surface area contributed by atoms with Crippen LogP contribution in [0.15, 0.2) is 42.7 Å². The van der Waals surface area contributed by atoms with Crippen molar-refractivity contribution in [2.75, 3.05) is 18.4 Å². The molecule has 0 bridgehead atoms. The predicted octanol–water partition coefficient (Wildman–Crippen LogP) is 2.07. The molecule has 23 heavy (non-hydrogen) atoms. The number of hydrogen-bond donors (Lipinski definition) is 1. The average Bonchev–Trinajstić information content (AvgIpc) is 3.10. The standard InChI is InChI=1S/C17H20N4O2/c1-13(22)20-11-7-14(8-12-20)17(23)19-15-3-5-16(6-4-15)21-10-2-9-18-21/h2-6,9-10,14H,7-8,11-12H2,1H3,(H,19,23). The highest BCUT2D eigenvalue weighted by atomic mass is 16.2. The maximum Gasteiger partial charge on any atom is 0.227 e. The minimum atomic E-state index is -0.0311. The van der Waals surface area contributed by atoms with Crippen molar-refractivity contribution in [3.8, 4) is 5.69 Å². The lowest BCUT2D eigenvalue weighted by Crippen LogP contribution is -2.40. The lowest BCUT2D eigenvalue weighted by atomic mass is 9.96. The number of benzene rings is 1. The molecule has 0 aliphatic carbocycles. The first-order valence-electron chi connectivity index (χ1n) is 7.80. The Morgan fingerprint density at radius 3 is 2.43 bits per heavy atom. The second-order valence-corrected chi connectivity index (χ2v) is 5.77. The van der Waals surface area contributed by atoms with Crippen LogP contribution in [0.1, 0.15) is 19.8 Å². The zero-order valence-corrected chi connectivity index (χ0v) is 13.1. The van der Waals surface area contributed by atoms with Crippen LogP contribution in [-0.2, 0) is 9.59 Å². The molecule has 6 heteroatoms. The fraction of sp³-hybridized carbons (Fsp3) is 0.353. The number of rotatable bonds is 3. The van der Waals surface area contributed by atoms with E-state index in [2.05, 4.69) is 10.4 Å². The van der Waals surface area contributed by atoms with Crippen molar-refractivity contribution >= 4 is 17.5 Å². The largest absolute Gasteiger partial charge is 0.343 e. The van der Waals surface area contributed by atoms with Crippen molar-refractivity contribution in [2.45, 2.75) is 19.8 Å². The van der Waals surface area contributed by atoms with E-state index >= 15 is 0 Å². The van der Waals surface area contributed by atoms with Gasteiger partial charge >= 0.3 is 0 Å². The van der Waals surface area contributed by atoms with Gasteiger partial charge in [0.25, 0.3) is 0 Å². The third kappa shape index (κ3) is 3.59. The summed E-state index contributed by atoms with van der Waals surface area (Å²) in [6.07, 6.45) is 5.03. The number of piperidine rings is 1. The number of aromatic nitrogens is 2. The second-order valence-electron chi connectivity index (χ2n) is 5.77. The Balaban J connectivity index is 1.57. The molecule has 3 rings (SSSR count). The zero-order chi connectivity index (χ0) is 16.2. The number of carbonyl (C=O) groups is 2. The third-order valence-electron chi connectivity index (χ3n) is 4.21. The zero-order valence-electron chi connectivity index (χ0n) is 13.1. The van der Waals surface area contributed by atoms with Gasteiger partial charge in [0.05, 0.1) is 5.69 Å². The molecule has 1 aliphatic heterocycles. The molecular formula is C17H20N4O2. The van der Waals surface area contributed by atoms with Gasteiger partial charge in [-0.05, 0) is 43.2 Å². The highest BCUT2D eigenvalue weighted by Crippen LogP contribution is 2.20. The molecule has 2 amide bonds. The van der Waals surface area contributed by atoms with E-state index < -0.39 is 0 Å². The Morgan fingerprint density at radius 2 is 1.87 bits per heavy atom. The van der Waals surface area contributed by atoms with Crippen LogP contribution < -0.4 is 5.32 Å². The second kappa shape index (κ2) is 6.64. The van der Waals surface area contributed by atoms with Crippen molar-refractivity contribution in [3.05, 3.63) is 42.7 Å². The molecule has 1 N–H and O–H groups in total. The number of hydrogen-bond acceptors (Lipinski definition) is 3. The highest BCUT2D eigenvalue weighted by molar-refractivity contribution is 5.92. The quantitative estimate of drug-likeness (QED) is 0.943. The van der Waals surface area contributed by atoms with Crippen LogP contribution in [0.3, 0.4) is 0 Å². The molecule has 0 radical (unpaired) electrons. The molecule has 0 saturated carbocycles. The first kappa shape index (κ1) is 15.3. The van der Waals surface area contributed by atoms with E-state index in [-0.39, 0.29) is 17.7 Å². The van der Waals surface area contributed by atoms with Crippen molar-refractivity contribution in [1.82, 2.24) is 14.7 Å². The van der Waals surface area contributed by atoms with Crippen LogP contribution in [0.4, 0.5) is 5.69 Å². The summed E-state index contributed by atoms with van der Waals surface area (Å²) in [5.41, 5.74) is 1.72. The van der Waals surface area contributed by atoms with Crippen LogP contribution in [0.2, 0.25) is 0 Å². The van der Waals surface area contributed by atoms with Gasteiger partial charge in [-0.1, -0.05) is 0 Å². The Bertz CT molecular complexity index is 671. The number of carbonyl (C=O) groups excluding carboxylic acids is 2. The number of amides is 2. The molecule has 1 saturated heterocycles. The first-order chi connectivity index (χ1) is 11.1. The Labute approximate surface area is 135 Å². The molecule has 0 unspecified atom stereocenters. The predicted molar refractivity (Wildman–Crippen MR) is 87.2 cm³/mol. The topological polar surface area (TPSA) is 67.2 Å². The minimum Gasteiger partial charge on any atom is -0.343 e. The van der Waals surface area contributed by atoms with Crippen molar-refractivity contribution in [2.24, 2.45) is 5.92 Å². The van der Waals surface area contributed by atoms with E-state index in [9.17, 15) is 9.59 Å². The van der Waals surface area contributed by atoms with Gasteiger partial charge in [0.2, 0.25) is 11.8 Å². The summed E-state index contributed by atoms with van der Waals surface area (Å²) in [5, 5.41) is 7.13. The molecule has 0 spiro atoms. The molecule has 2 heterocycles. The SMILES string of the molecule is CC(=O)N1CCC(C(=O)Nc2ccc(-n3cccn3)cc2)CC1. The summed E-state index contributed by atoms with van der Waals surface area (Å²) in [4.78, 5) is 25.4.